The van der Waals surface area contributed by atoms with Gasteiger partial charge < -0.3 is 10.4 Å². The highest BCUT2D eigenvalue weighted by molar-refractivity contribution is 5.95. The Balaban J connectivity index is 2.19. The van der Waals surface area contributed by atoms with Gasteiger partial charge >= 0.3 is 12.1 Å². The van der Waals surface area contributed by atoms with Crippen LogP contribution in [0.1, 0.15) is 22.6 Å². The Morgan fingerprint density at radius 2 is 1.92 bits per heavy atom. The summed E-state index contributed by atoms with van der Waals surface area (Å²) in [6.45, 7) is 1.67. The Kier molecular flexibility index (Phi) is 4.91. The molecule has 0 bridgehead atoms. The van der Waals surface area contributed by atoms with Gasteiger partial charge in [-0.2, -0.15) is 18.3 Å². The third-order valence-electron chi connectivity index (χ3n) is 3.16. The third-order valence-corrected chi connectivity index (χ3v) is 3.16. The van der Waals surface area contributed by atoms with Gasteiger partial charge in [-0.1, -0.05) is 18.2 Å². The number of carboxylic acid groups (broad SMARTS) is 1. The number of hydrogen-bond donors (Lipinski definition) is 2. The van der Waals surface area contributed by atoms with Crippen LogP contribution < -0.4 is 5.32 Å². The highest BCUT2D eigenvalue weighted by atomic mass is 19.4. The van der Waals surface area contributed by atoms with E-state index in [1.165, 1.54) is 10.7 Å². The summed E-state index contributed by atoms with van der Waals surface area (Å²) in [5, 5.41) is 14.7. The highest BCUT2D eigenvalue weighted by Gasteiger charge is 2.36. The topological polar surface area (TPSA) is 84.2 Å². The quantitative estimate of drug-likeness (QED) is 0.874. The van der Waals surface area contributed by atoms with Crippen molar-refractivity contribution in [1.82, 2.24) is 15.1 Å². The number of amides is 1. The van der Waals surface area contributed by atoms with E-state index in [1.54, 1.807) is 37.3 Å². The van der Waals surface area contributed by atoms with Gasteiger partial charge in [0.15, 0.2) is 5.69 Å². The second-order valence-electron chi connectivity index (χ2n) is 5.10. The first-order chi connectivity index (χ1) is 11.2. The number of carbonyl (C=O) groups is 2. The van der Waals surface area contributed by atoms with Gasteiger partial charge in [-0.15, -0.1) is 0 Å². The number of halogens is 3. The Morgan fingerprint density at radius 1 is 1.29 bits per heavy atom. The van der Waals surface area contributed by atoms with Crippen LogP contribution in [0.5, 0.6) is 0 Å². The van der Waals surface area contributed by atoms with Crippen LogP contribution >= 0.6 is 0 Å². The summed E-state index contributed by atoms with van der Waals surface area (Å²) in [5.41, 5.74) is 1.08. The molecule has 0 saturated heterocycles. The molecule has 0 unspecified atom stereocenters. The Labute approximate surface area is 134 Å². The molecule has 24 heavy (non-hydrogen) atoms. The van der Waals surface area contributed by atoms with Crippen molar-refractivity contribution >= 4 is 11.9 Å². The SMILES string of the molecule is Cc1cc(C(=O)N[C@@H](CC(F)(F)F)C(=O)O)nn1-c1ccccc1. The van der Waals surface area contributed by atoms with Gasteiger partial charge in [-0.3, -0.25) is 4.79 Å². The van der Waals surface area contributed by atoms with Gasteiger partial charge in [-0.05, 0) is 25.1 Å². The second kappa shape index (κ2) is 6.73. The highest BCUT2D eigenvalue weighted by Crippen LogP contribution is 2.22. The molecule has 2 rings (SSSR count). The van der Waals surface area contributed by atoms with Gasteiger partial charge in [0.1, 0.15) is 6.04 Å². The number of benzene rings is 1. The van der Waals surface area contributed by atoms with E-state index in [4.69, 9.17) is 5.11 Å². The first kappa shape index (κ1) is 17.5. The molecule has 1 aromatic carbocycles. The smallest absolute Gasteiger partial charge is 0.391 e. The van der Waals surface area contributed by atoms with E-state index in [9.17, 15) is 22.8 Å². The molecule has 0 saturated carbocycles. The molecule has 1 aromatic heterocycles. The maximum atomic E-state index is 12.4. The molecule has 128 valence electrons. The number of aromatic nitrogens is 2. The van der Waals surface area contributed by atoms with E-state index in [0.29, 0.717) is 11.4 Å². The van der Waals surface area contributed by atoms with E-state index in [-0.39, 0.29) is 5.69 Å². The number of rotatable bonds is 5. The monoisotopic (exact) mass is 341 g/mol. The zero-order valence-electron chi connectivity index (χ0n) is 12.5. The average Bonchev–Trinajstić information content (AvgIpc) is 2.88. The minimum Gasteiger partial charge on any atom is -0.480 e. The van der Waals surface area contributed by atoms with Crippen molar-refractivity contribution in [3.8, 4) is 5.69 Å². The first-order valence-corrected chi connectivity index (χ1v) is 6.90. The molecule has 0 spiro atoms. The lowest BCUT2D eigenvalue weighted by Crippen LogP contribution is -2.43. The fourth-order valence-corrected chi connectivity index (χ4v) is 2.08. The Hall–Kier alpha value is -2.84. The molecular formula is C15H14F3N3O3. The van der Waals surface area contributed by atoms with Crippen LogP contribution in [0.3, 0.4) is 0 Å². The zero-order chi connectivity index (χ0) is 17.9. The van der Waals surface area contributed by atoms with E-state index in [2.05, 4.69) is 5.10 Å². The number of nitrogens with zero attached hydrogens (tertiary/aromatic N) is 2. The lowest BCUT2D eigenvalue weighted by atomic mass is 10.2. The molecule has 9 heteroatoms. The summed E-state index contributed by atoms with van der Waals surface area (Å²) >= 11 is 0. The van der Waals surface area contributed by atoms with Crippen LogP contribution in [0.15, 0.2) is 36.4 Å². The molecule has 0 fully saturated rings. The summed E-state index contributed by atoms with van der Waals surface area (Å²) in [5.74, 6) is -2.75. The summed E-state index contributed by atoms with van der Waals surface area (Å²) in [6, 6.07) is 8.11. The molecule has 6 nitrogen and oxygen atoms in total. The van der Waals surface area contributed by atoms with Crippen molar-refractivity contribution in [3.05, 3.63) is 47.8 Å². The number of para-hydroxylation sites is 1. The van der Waals surface area contributed by atoms with Crippen LogP contribution in [0.4, 0.5) is 13.2 Å². The molecule has 0 aliphatic carbocycles. The molecule has 1 amide bonds. The first-order valence-electron chi connectivity index (χ1n) is 6.90. The minimum atomic E-state index is -4.71. The number of aryl methyl sites for hydroxylation is 1. The molecule has 1 atom stereocenters. The normalized spacial score (nSPS) is 12.7. The predicted molar refractivity (Wildman–Crippen MR) is 77.9 cm³/mol. The lowest BCUT2D eigenvalue weighted by Gasteiger charge is -2.15. The number of aliphatic carboxylic acids is 1. The second-order valence-corrected chi connectivity index (χ2v) is 5.10. The van der Waals surface area contributed by atoms with Crippen molar-refractivity contribution in [2.45, 2.75) is 25.6 Å². The van der Waals surface area contributed by atoms with Crippen LogP contribution in [0, 0.1) is 6.92 Å². The van der Waals surface area contributed by atoms with E-state index in [1.807, 2.05) is 5.32 Å². The van der Waals surface area contributed by atoms with Crippen molar-refractivity contribution in [1.29, 1.82) is 0 Å². The number of alkyl halides is 3. The van der Waals surface area contributed by atoms with Crippen LogP contribution in [0.2, 0.25) is 0 Å². The fourth-order valence-electron chi connectivity index (χ4n) is 2.08. The van der Waals surface area contributed by atoms with Crippen molar-refractivity contribution in [3.63, 3.8) is 0 Å². The largest absolute Gasteiger partial charge is 0.480 e. The number of nitrogens with one attached hydrogen (secondary N) is 1. The predicted octanol–water partition coefficient (Wildman–Crippen LogP) is 2.32. The molecule has 0 aliphatic heterocycles. The summed E-state index contributed by atoms with van der Waals surface area (Å²) in [7, 11) is 0. The van der Waals surface area contributed by atoms with Crippen molar-refractivity contribution in [2.24, 2.45) is 0 Å². The summed E-state index contributed by atoms with van der Waals surface area (Å²) < 4.78 is 38.6. The summed E-state index contributed by atoms with van der Waals surface area (Å²) in [6.07, 6.45) is -6.37. The molecule has 2 aromatic rings. The summed E-state index contributed by atoms with van der Waals surface area (Å²) in [4.78, 5) is 22.9. The molecule has 0 aliphatic rings. The van der Waals surface area contributed by atoms with Gasteiger partial charge in [-0.25, -0.2) is 9.48 Å². The van der Waals surface area contributed by atoms with Crippen molar-refractivity contribution in [2.75, 3.05) is 0 Å². The van der Waals surface area contributed by atoms with E-state index in [0.717, 1.165) is 0 Å². The van der Waals surface area contributed by atoms with Gasteiger partial charge in [0, 0.05) is 5.69 Å². The van der Waals surface area contributed by atoms with Gasteiger partial charge in [0.2, 0.25) is 0 Å². The average molecular weight is 341 g/mol. The molecular weight excluding hydrogens is 327 g/mol. The van der Waals surface area contributed by atoms with Crippen LogP contribution in [-0.4, -0.2) is 39.0 Å². The maximum absolute atomic E-state index is 12.4. The molecule has 1 heterocycles. The Bertz CT molecular complexity index is 741. The van der Waals surface area contributed by atoms with E-state index < -0.39 is 30.5 Å². The van der Waals surface area contributed by atoms with E-state index >= 15 is 0 Å². The third kappa shape index (κ3) is 4.34. The van der Waals surface area contributed by atoms with Crippen LogP contribution in [0.25, 0.3) is 5.69 Å². The lowest BCUT2D eigenvalue weighted by molar-refractivity contribution is -0.157. The molecule has 0 radical (unpaired) electrons. The standard InChI is InChI=1S/C15H14F3N3O3/c1-9-7-11(20-21(9)10-5-3-2-4-6-10)13(22)19-12(14(23)24)8-15(16,17)18/h2-7,12H,8H2,1H3,(H,19,22)(H,23,24)/t12-/m0/s1. The number of hydrogen-bond acceptors (Lipinski definition) is 3. The maximum Gasteiger partial charge on any atom is 0.391 e. The van der Waals surface area contributed by atoms with Gasteiger partial charge in [0.05, 0.1) is 12.1 Å². The Morgan fingerprint density at radius 3 is 2.46 bits per heavy atom. The number of carbonyl (C=O) groups excluding carboxylic acids is 1. The number of carboxylic acids is 1. The van der Waals surface area contributed by atoms with Crippen molar-refractivity contribution < 1.29 is 27.9 Å². The fraction of sp³-hybridized carbons (Fsp3) is 0.267. The molecule has 2 N–H and O–H groups in total. The van der Waals surface area contributed by atoms with Gasteiger partial charge in [0.25, 0.3) is 5.91 Å². The minimum absolute atomic E-state index is 0.162. The zero-order valence-corrected chi connectivity index (χ0v) is 12.5. The van der Waals surface area contributed by atoms with Crippen LogP contribution in [-0.2, 0) is 4.79 Å².